The van der Waals surface area contributed by atoms with Gasteiger partial charge in [-0.2, -0.15) is 0 Å². The van der Waals surface area contributed by atoms with Gasteiger partial charge in [-0.15, -0.1) is 6.58 Å². The number of nitrogens with two attached hydrogens (primary N) is 1. The number of hydrogen-bond donors (Lipinski definition) is 3. The van der Waals surface area contributed by atoms with E-state index in [0.717, 1.165) is 0 Å². The van der Waals surface area contributed by atoms with Gasteiger partial charge in [-0.1, -0.05) is 12.7 Å². The largest absolute Gasteiger partial charge is 0.386 e. The van der Waals surface area contributed by atoms with Crippen LogP contribution < -0.4 is 16.4 Å². The predicted octanol–water partition coefficient (Wildman–Crippen LogP) is -0.692. The molecule has 0 aliphatic carbocycles. The zero-order chi connectivity index (χ0) is 8.69. The van der Waals surface area contributed by atoms with Crippen LogP contribution in [0.1, 0.15) is 0 Å². The maximum atomic E-state index is 10.8. The maximum Gasteiger partial charge on any atom is 0.239 e. The summed E-state index contributed by atoms with van der Waals surface area (Å²) in [5.74, 6) is 0.162. The third-order valence-electron chi connectivity index (χ3n) is 0.920. The van der Waals surface area contributed by atoms with Crippen molar-refractivity contribution < 1.29 is 4.79 Å². The summed E-state index contributed by atoms with van der Waals surface area (Å²) in [7, 11) is 0. The molecule has 4 N–H and O–H groups in total. The minimum absolute atomic E-state index is 0.128. The lowest BCUT2D eigenvalue weighted by atomic mass is 10.5. The van der Waals surface area contributed by atoms with Gasteiger partial charge in [-0.05, 0) is 0 Å². The van der Waals surface area contributed by atoms with Crippen molar-refractivity contribution in [3.05, 3.63) is 25.1 Å². The molecule has 0 radical (unpaired) electrons. The van der Waals surface area contributed by atoms with Gasteiger partial charge in [0.2, 0.25) is 5.91 Å². The first-order valence-corrected chi connectivity index (χ1v) is 3.22. The average molecular weight is 155 g/mol. The third-order valence-corrected chi connectivity index (χ3v) is 0.920. The molecule has 0 rings (SSSR count). The second-order valence-corrected chi connectivity index (χ2v) is 1.97. The fraction of sp³-hybridized carbons (Fsp3) is 0.286. The summed E-state index contributed by atoms with van der Waals surface area (Å²) >= 11 is 0. The van der Waals surface area contributed by atoms with Crippen LogP contribution in [-0.4, -0.2) is 19.0 Å². The lowest BCUT2D eigenvalue weighted by molar-refractivity contribution is -0.119. The molecular weight excluding hydrogens is 142 g/mol. The van der Waals surface area contributed by atoms with Crippen molar-refractivity contribution >= 4 is 5.91 Å². The van der Waals surface area contributed by atoms with Crippen LogP contribution in [0.3, 0.4) is 0 Å². The lowest BCUT2D eigenvalue weighted by Crippen LogP contribution is -2.34. The summed E-state index contributed by atoms with van der Waals surface area (Å²) in [6, 6.07) is 0. The van der Waals surface area contributed by atoms with E-state index >= 15 is 0 Å². The lowest BCUT2D eigenvalue weighted by Gasteiger charge is -2.03. The van der Waals surface area contributed by atoms with Crippen molar-refractivity contribution in [1.29, 1.82) is 0 Å². The molecule has 0 aliphatic heterocycles. The van der Waals surface area contributed by atoms with Crippen LogP contribution in [0.2, 0.25) is 0 Å². The van der Waals surface area contributed by atoms with Gasteiger partial charge in [0.25, 0.3) is 0 Å². The molecule has 0 aliphatic rings. The molecular formula is C7H13N3O. The van der Waals surface area contributed by atoms with Crippen molar-refractivity contribution in [2.45, 2.75) is 0 Å². The number of hydrogen-bond acceptors (Lipinski definition) is 3. The molecule has 4 heteroatoms. The van der Waals surface area contributed by atoms with E-state index in [4.69, 9.17) is 5.73 Å². The Labute approximate surface area is 66.2 Å². The Morgan fingerprint density at radius 2 is 2.18 bits per heavy atom. The Hall–Kier alpha value is -1.45. The number of nitrogens with one attached hydrogen (secondary N) is 2. The summed E-state index contributed by atoms with van der Waals surface area (Å²) in [6.07, 6.45) is 1.61. The zero-order valence-electron chi connectivity index (χ0n) is 6.39. The topological polar surface area (TPSA) is 67.2 Å². The summed E-state index contributed by atoms with van der Waals surface area (Å²) in [5, 5.41) is 5.16. The predicted molar refractivity (Wildman–Crippen MR) is 44.5 cm³/mol. The first kappa shape index (κ1) is 9.55. The van der Waals surface area contributed by atoms with Crippen molar-refractivity contribution in [3.8, 4) is 0 Å². The van der Waals surface area contributed by atoms with Crippen molar-refractivity contribution in [3.63, 3.8) is 0 Å². The van der Waals surface area contributed by atoms with E-state index in [1.165, 1.54) is 0 Å². The smallest absolute Gasteiger partial charge is 0.239 e. The molecule has 4 nitrogen and oxygen atoms in total. The summed E-state index contributed by atoms with van der Waals surface area (Å²) in [4.78, 5) is 10.8. The van der Waals surface area contributed by atoms with Crippen molar-refractivity contribution in [2.24, 2.45) is 5.73 Å². The fourth-order valence-corrected chi connectivity index (χ4v) is 0.442. The van der Waals surface area contributed by atoms with Gasteiger partial charge in [0, 0.05) is 6.54 Å². The molecule has 0 fully saturated rings. The first-order valence-electron chi connectivity index (χ1n) is 3.22. The molecule has 0 bridgehead atoms. The molecule has 1 amide bonds. The van der Waals surface area contributed by atoms with E-state index in [2.05, 4.69) is 23.8 Å². The summed E-state index contributed by atoms with van der Waals surface area (Å²) in [6.45, 7) is 7.45. The Morgan fingerprint density at radius 1 is 1.55 bits per heavy atom. The van der Waals surface area contributed by atoms with E-state index < -0.39 is 0 Å². The van der Waals surface area contributed by atoms with Crippen LogP contribution in [0.25, 0.3) is 0 Å². The van der Waals surface area contributed by atoms with Crippen LogP contribution >= 0.6 is 0 Å². The Kier molecular flexibility index (Phi) is 4.64. The van der Waals surface area contributed by atoms with E-state index in [-0.39, 0.29) is 12.5 Å². The molecule has 11 heavy (non-hydrogen) atoms. The first-order chi connectivity index (χ1) is 5.16. The van der Waals surface area contributed by atoms with Gasteiger partial charge in [-0.3, -0.25) is 4.79 Å². The highest BCUT2D eigenvalue weighted by Crippen LogP contribution is 1.68. The highest BCUT2D eigenvalue weighted by molar-refractivity contribution is 5.78. The van der Waals surface area contributed by atoms with Gasteiger partial charge in [-0.25, -0.2) is 0 Å². The number of rotatable bonds is 5. The third kappa shape index (κ3) is 6.44. The highest BCUT2D eigenvalue weighted by Gasteiger charge is 1.96. The van der Waals surface area contributed by atoms with Crippen LogP contribution in [0, 0.1) is 0 Å². The number of carbonyl (C=O) groups is 1. The van der Waals surface area contributed by atoms with Gasteiger partial charge in [0.05, 0.1) is 12.4 Å². The van der Waals surface area contributed by atoms with Crippen LogP contribution in [0.4, 0.5) is 0 Å². The normalized spacial score (nSPS) is 8.36. The Bertz CT molecular complexity index is 165. The second kappa shape index (κ2) is 5.34. The molecule has 0 aromatic heterocycles. The van der Waals surface area contributed by atoms with Crippen molar-refractivity contribution in [2.75, 3.05) is 13.1 Å². The van der Waals surface area contributed by atoms with Gasteiger partial charge in [0.1, 0.15) is 0 Å². The maximum absolute atomic E-state index is 10.8. The quantitative estimate of drug-likeness (QED) is 0.460. The molecule has 0 atom stereocenters. The van der Waals surface area contributed by atoms with Crippen LogP contribution in [0.15, 0.2) is 25.1 Å². The molecule has 0 aromatic carbocycles. The van der Waals surface area contributed by atoms with E-state index in [9.17, 15) is 4.79 Å². The zero-order valence-corrected chi connectivity index (χ0v) is 6.39. The monoisotopic (exact) mass is 155 g/mol. The molecule has 0 saturated heterocycles. The molecule has 0 aromatic rings. The molecule has 0 unspecified atom stereocenters. The average Bonchev–Trinajstić information content (AvgIpc) is 1.97. The summed E-state index contributed by atoms with van der Waals surface area (Å²) in [5.41, 5.74) is 5.16. The Balaban J connectivity index is 3.37. The van der Waals surface area contributed by atoms with E-state index in [1.807, 2.05) is 0 Å². The van der Waals surface area contributed by atoms with Gasteiger partial charge in [0.15, 0.2) is 0 Å². The fourth-order valence-electron chi connectivity index (χ4n) is 0.442. The molecule has 0 saturated carbocycles. The minimum Gasteiger partial charge on any atom is -0.386 e. The molecule has 0 heterocycles. The molecule has 0 spiro atoms. The van der Waals surface area contributed by atoms with E-state index in [1.54, 1.807) is 6.08 Å². The SMILES string of the molecule is C=CCNC(=O)CNC(=C)N. The Morgan fingerprint density at radius 3 is 2.64 bits per heavy atom. The van der Waals surface area contributed by atoms with Gasteiger partial charge < -0.3 is 16.4 Å². The highest BCUT2D eigenvalue weighted by atomic mass is 16.1. The number of amides is 1. The number of carbonyl (C=O) groups excluding carboxylic acids is 1. The van der Waals surface area contributed by atoms with Crippen LogP contribution in [0.5, 0.6) is 0 Å². The van der Waals surface area contributed by atoms with Crippen LogP contribution in [-0.2, 0) is 4.79 Å². The standard InChI is InChI=1S/C7H13N3O/c1-3-4-9-7(11)5-10-6(2)8/h3,10H,1-2,4-5,8H2,(H,9,11). The van der Waals surface area contributed by atoms with Gasteiger partial charge >= 0.3 is 0 Å². The second-order valence-electron chi connectivity index (χ2n) is 1.97. The summed E-state index contributed by atoms with van der Waals surface area (Å²) < 4.78 is 0. The molecule has 62 valence electrons. The van der Waals surface area contributed by atoms with Crippen molar-refractivity contribution in [1.82, 2.24) is 10.6 Å². The van der Waals surface area contributed by atoms with E-state index in [0.29, 0.717) is 12.4 Å². The minimum atomic E-state index is -0.128.